The fourth-order valence-corrected chi connectivity index (χ4v) is 4.39. The number of aryl methyl sites for hydroxylation is 2. The van der Waals surface area contributed by atoms with E-state index < -0.39 is 10.0 Å². The summed E-state index contributed by atoms with van der Waals surface area (Å²) in [5.74, 6) is 0. The third-order valence-corrected chi connectivity index (χ3v) is 6.33. The van der Waals surface area contributed by atoms with E-state index in [1.807, 2.05) is 44.2 Å². The third kappa shape index (κ3) is 4.10. The van der Waals surface area contributed by atoms with Crippen molar-refractivity contribution in [3.05, 3.63) is 95.0 Å². The minimum atomic E-state index is -3.81. The molecule has 0 aliphatic heterocycles. The van der Waals surface area contributed by atoms with Gasteiger partial charge in [-0.05, 0) is 49.7 Å². The zero-order valence-corrected chi connectivity index (χ0v) is 18.1. The number of hydrogen-bond acceptors (Lipinski definition) is 3. The molecule has 0 atom stereocenters. The molecule has 0 spiro atoms. The Balaban J connectivity index is 1.84. The van der Waals surface area contributed by atoms with Crippen molar-refractivity contribution in [1.29, 1.82) is 0 Å². The first kappa shape index (κ1) is 20.2. The molecule has 5 nitrogen and oxygen atoms in total. The lowest BCUT2D eigenvalue weighted by molar-refractivity contribution is 0.592. The lowest BCUT2D eigenvalue weighted by Gasteiger charge is -2.13. The number of sulfonamides is 1. The third-order valence-electron chi connectivity index (χ3n) is 4.77. The summed E-state index contributed by atoms with van der Waals surface area (Å²) in [5, 5.41) is 5.17. The molecular weight excluding hydrogens is 418 g/mol. The van der Waals surface area contributed by atoms with E-state index >= 15 is 0 Å². The van der Waals surface area contributed by atoms with E-state index in [2.05, 4.69) is 16.0 Å². The van der Waals surface area contributed by atoms with Crippen molar-refractivity contribution >= 4 is 21.6 Å². The molecule has 0 aliphatic carbocycles. The Hall–Kier alpha value is -3.09. The van der Waals surface area contributed by atoms with Gasteiger partial charge in [0, 0.05) is 16.1 Å². The van der Waals surface area contributed by atoms with Gasteiger partial charge in [0.15, 0.2) is 0 Å². The fourth-order valence-electron chi connectivity index (χ4n) is 3.27. The molecule has 4 rings (SSSR count). The molecule has 0 saturated carbocycles. The molecule has 0 saturated heterocycles. The normalized spacial score (nSPS) is 11.4. The highest BCUT2D eigenvalue weighted by atomic mass is 35.5. The maximum absolute atomic E-state index is 12.9. The van der Waals surface area contributed by atoms with E-state index in [4.69, 9.17) is 11.6 Å². The van der Waals surface area contributed by atoms with Crippen LogP contribution in [-0.4, -0.2) is 18.3 Å². The van der Waals surface area contributed by atoms with E-state index in [9.17, 15) is 8.42 Å². The molecule has 0 fully saturated rings. The number of hydrogen-bond donors (Lipinski definition) is 1. The van der Waals surface area contributed by atoms with Crippen molar-refractivity contribution in [1.82, 2.24) is 9.89 Å². The molecule has 7 heteroatoms. The Morgan fingerprint density at radius 2 is 1.60 bits per heavy atom. The molecule has 3 aromatic carbocycles. The quantitative estimate of drug-likeness (QED) is 0.453. The van der Waals surface area contributed by atoms with Crippen LogP contribution < -0.4 is 4.83 Å². The van der Waals surface area contributed by atoms with Crippen molar-refractivity contribution in [2.45, 2.75) is 18.7 Å². The molecule has 0 unspecified atom stereocenters. The van der Waals surface area contributed by atoms with Crippen molar-refractivity contribution < 1.29 is 8.42 Å². The molecule has 1 N–H and O–H groups in total. The van der Waals surface area contributed by atoms with E-state index in [-0.39, 0.29) is 4.90 Å². The Morgan fingerprint density at radius 1 is 0.900 bits per heavy atom. The van der Waals surface area contributed by atoms with Gasteiger partial charge in [-0.1, -0.05) is 65.7 Å². The summed E-state index contributed by atoms with van der Waals surface area (Å²) in [4.78, 5) is 4.09. The van der Waals surface area contributed by atoms with Crippen LogP contribution in [0.3, 0.4) is 0 Å². The van der Waals surface area contributed by atoms with Gasteiger partial charge in [0.1, 0.15) is 0 Å². The lowest BCUT2D eigenvalue weighted by atomic mass is 10.0. The highest BCUT2D eigenvalue weighted by Crippen LogP contribution is 2.29. The molecule has 1 heterocycles. The van der Waals surface area contributed by atoms with Gasteiger partial charge in [-0.3, -0.25) is 0 Å². The second-order valence-electron chi connectivity index (χ2n) is 7.06. The van der Waals surface area contributed by atoms with Crippen molar-refractivity contribution in [3.63, 3.8) is 0 Å². The summed E-state index contributed by atoms with van der Waals surface area (Å²) in [6.07, 6.45) is 0. The lowest BCUT2D eigenvalue weighted by Crippen LogP contribution is -2.25. The van der Waals surface area contributed by atoms with Crippen LogP contribution in [0.25, 0.3) is 22.5 Å². The number of nitrogens with one attached hydrogen (secondary N) is 1. The van der Waals surface area contributed by atoms with Crippen LogP contribution in [0.1, 0.15) is 11.1 Å². The van der Waals surface area contributed by atoms with Gasteiger partial charge in [-0.2, -0.15) is 23.1 Å². The van der Waals surface area contributed by atoms with Gasteiger partial charge in [0.05, 0.1) is 16.3 Å². The summed E-state index contributed by atoms with van der Waals surface area (Å²) in [6.45, 7) is 4.01. The van der Waals surface area contributed by atoms with Crippen LogP contribution in [0.5, 0.6) is 0 Å². The topological polar surface area (TPSA) is 64.0 Å². The van der Waals surface area contributed by atoms with Gasteiger partial charge >= 0.3 is 0 Å². The second kappa shape index (κ2) is 7.97. The van der Waals surface area contributed by atoms with Crippen LogP contribution in [0, 0.1) is 13.8 Å². The first-order valence-corrected chi connectivity index (χ1v) is 11.2. The monoisotopic (exact) mass is 437 g/mol. The summed E-state index contributed by atoms with van der Waals surface area (Å²) in [6, 6.07) is 23.4. The molecule has 0 aliphatic rings. The van der Waals surface area contributed by atoms with Crippen LogP contribution in [0.2, 0.25) is 5.02 Å². The maximum atomic E-state index is 12.9. The van der Waals surface area contributed by atoms with E-state index in [1.54, 1.807) is 42.5 Å². The second-order valence-corrected chi connectivity index (χ2v) is 9.16. The number of rotatable bonds is 5. The zero-order valence-electron chi connectivity index (χ0n) is 16.5. The van der Waals surface area contributed by atoms with Crippen LogP contribution in [0.15, 0.2) is 83.8 Å². The summed E-state index contributed by atoms with van der Waals surface area (Å²) < 4.78 is 25.9. The molecule has 30 heavy (non-hydrogen) atoms. The Bertz CT molecular complexity index is 1300. The van der Waals surface area contributed by atoms with Crippen LogP contribution >= 0.6 is 11.6 Å². The first-order valence-electron chi connectivity index (χ1n) is 9.35. The average Bonchev–Trinajstić information content (AvgIpc) is 3.12. The summed E-state index contributed by atoms with van der Waals surface area (Å²) in [7, 11) is -3.81. The van der Waals surface area contributed by atoms with Crippen molar-refractivity contribution in [2.75, 3.05) is 4.83 Å². The molecule has 0 amide bonds. The number of halogens is 1. The number of benzene rings is 3. The highest BCUT2D eigenvalue weighted by Gasteiger charge is 2.19. The van der Waals surface area contributed by atoms with Gasteiger partial charge in [-0.15, -0.1) is 0 Å². The Morgan fingerprint density at radius 3 is 2.27 bits per heavy atom. The van der Waals surface area contributed by atoms with Gasteiger partial charge < -0.3 is 0 Å². The predicted octanol–water partition coefficient (Wildman–Crippen LogP) is 5.42. The smallest absolute Gasteiger partial charge is 0.200 e. The molecule has 152 valence electrons. The Labute approximate surface area is 181 Å². The minimum Gasteiger partial charge on any atom is -0.200 e. The SMILES string of the molecule is Cc1ccc(-c2cc(-c3ccc(Cl)cc3)nn2NS(=O)(=O)c2ccccc2)c(C)c1. The number of nitrogens with zero attached hydrogens (tertiary/aromatic N) is 2. The van der Waals surface area contributed by atoms with Crippen LogP contribution in [-0.2, 0) is 10.0 Å². The summed E-state index contributed by atoms with van der Waals surface area (Å²) >= 11 is 6.00. The molecule has 4 aromatic rings. The van der Waals surface area contributed by atoms with Gasteiger partial charge in [-0.25, -0.2) is 0 Å². The van der Waals surface area contributed by atoms with E-state index in [1.165, 1.54) is 4.79 Å². The highest BCUT2D eigenvalue weighted by molar-refractivity contribution is 7.92. The largest absolute Gasteiger partial charge is 0.276 e. The molecular formula is C23H20ClN3O2S. The van der Waals surface area contributed by atoms with Gasteiger partial charge in [0.25, 0.3) is 10.0 Å². The maximum Gasteiger partial charge on any atom is 0.276 e. The summed E-state index contributed by atoms with van der Waals surface area (Å²) in [5.41, 5.74) is 5.17. The van der Waals surface area contributed by atoms with E-state index in [0.717, 1.165) is 22.3 Å². The predicted molar refractivity (Wildman–Crippen MR) is 121 cm³/mol. The number of aromatic nitrogens is 2. The van der Waals surface area contributed by atoms with Crippen molar-refractivity contribution in [3.8, 4) is 22.5 Å². The fraction of sp³-hybridized carbons (Fsp3) is 0.0870. The van der Waals surface area contributed by atoms with Crippen molar-refractivity contribution in [2.24, 2.45) is 0 Å². The minimum absolute atomic E-state index is 0.167. The Kier molecular flexibility index (Phi) is 5.37. The zero-order chi connectivity index (χ0) is 21.3. The van der Waals surface area contributed by atoms with Gasteiger partial charge in [0.2, 0.25) is 0 Å². The van der Waals surface area contributed by atoms with Crippen LogP contribution in [0.4, 0.5) is 0 Å². The first-order chi connectivity index (χ1) is 14.3. The van der Waals surface area contributed by atoms with E-state index in [0.29, 0.717) is 16.4 Å². The standard InChI is InChI=1S/C23H20ClN3O2S/c1-16-8-13-21(17(2)14-16)23-15-22(18-9-11-19(24)12-10-18)25-27(23)26-30(28,29)20-6-4-3-5-7-20/h3-15,26H,1-2H3. The molecule has 0 bridgehead atoms. The molecule has 0 radical (unpaired) electrons. The average molecular weight is 438 g/mol. The molecule has 1 aromatic heterocycles.